The highest BCUT2D eigenvalue weighted by molar-refractivity contribution is 6.32. The van der Waals surface area contributed by atoms with E-state index in [-0.39, 0.29) is 5.78 Å². The molecule has 0 spiro atoms. The second-order valence-electron chi connectivity index (χ2n) is 3.50. The van der Waals surface area contributed by atoms with Crippen LogP contribution in [0.15, 0.2) is 12.1 Å². The largest absolute Gasteiger partial charge is 0.495 e. The van der Waals surface area contributed by atoms with E-state index in [1.54, 1.807) is 13.2 Å². The Labute approximate surface area is 93.4 Å². The van der Waals surface area contributed by atoms with Crippen LogP contribution >= 0.6 is 11.6 Å². The third-order valence-corrected chi connectivity index (χ3v) is 2.87. The number of carbonyl (C=O) groups excluding carboxylic acids is 1. The highest BCUT2D eigenvalue weighted by Gasteiger charge is 2.19. The zero-order chi connectivity index (χ0) is 10.8. The number of hydrogen-bond donors (Lipinski definition) is 1. The van der Waals surface area contributed by atoms with Crippen molar-refractivity contribution in [2.75, 3.05) is 19.0 Å². The third-order valence-electron chi connectivity index (χ3n) is 2.52. The maximum atomic E-state index is 11.5. The fraction of sp³-hybridized carbons (Fsp3) is 0.364. The normalized spacial score (nSPS) is 15.2. The third kappa shape index (κ3) is 1.92. The van der Waals surface area contributed by atoms with E-state index >= 15 is 0 Å². The molecule has 0 radical (unpaired) electrons. The molecule has 3 nitrogen and oxygen atoms in total. The van der Waals surface area contributed by atoms with Gasteiger partial charge in [0.05, 0.1) is 12.8 Å². The van der Waals surface area contributed by atoms with Gasteiger partial charge in [-0.05, 0) is 12.1 Å². The fourth-order valence-corrected chi connectivity index (χ4v) is 1.97. The summed E-state index contributed by atoms with van der Waals surface area (Å²) < 4.78 is 5.23. The van der Waals surface area contributed by atoms with Crippen molar-refractivity contribution in [2.24, 2.45) is 0 Å². The van der Waals surface area contributed by atoms with E-state index in [4.69, 9.17) is 16.3 Å². The molecule has 1 N–H and O–H groups in total. The molecule has 0 unspecified atom stereocenters. The Morgan fingerprint density at radius 2 is 2.27 bits per heavy atom. The summed E-state index contributed by atoms with van der Waals surface area (Å²) in [5.41, 5.74) is 1.70. The van der Waals surface area contributed by atoms with Crippen LogP contribution in [0.2, 0.25) is 5.02 Å². The second-order valence-corrected chi connectivity index (χ2v) is 3.90. The van der Waals surface area contributed by atoms with Crippen LogP contribution in [0, 0.1) is 0 Å². The van der Waals surface area contributed by atoms with Crippen LogP contribution < -0.4 is 10.1 Å². The molecule has 4 heteroatoms. The molecule has 0 saturated heterocycles. The SMILES string of the molecule is COc1ccc(Cl)c2c1NCCC(=O)C2. The second kappa shape index (κ2) is 4.11. The van der Waals surface area contributed by atoms with Gasteiger partial charge in [-0.25, -0.2) is 0 Å². The number of carbonyl (C=O) groups is 1. The molecule has 2 rings (SSSR count). The Morgan fingerprint density at radius 3 is 3.00 bits per heavy atom. The summed E-state index contributed by atoms with van der Waals surface area (Å²) in [4.78, 5) is 11.5. The first-order valence-electron chi connectivity index (χ1n) is 4.83. The van der Waals surface area contributed by atoms with Crippen molar-refractivity contribution in [3.05, 3.63) is 22.7 Å². The van der Waals surface area contributed by atoms with Gasteiger partial charge >= 0.3 is 0 Å². The van der Waals surface area contributed by atoms with Gasteiger partial charge < -0.3 is 10.1 Å². The molecule has 80 valence electrons. The number of halogens is 1. The average Bonchev–Trinajstić information content (AvgIpc) is 2.41. The van der Waals surface area contributed by atoms with Gasteiger partial charge in [0, 0.05) is 30.0 Å². The van der Waals surface area contributed by atoms with E-state index in [2.05, 4.69) is 5.32 Å². The van der Waals surface area contributed by atoms with Gasteiger partial charge in [-0.2, -0.15) is 0 Å². The van der Waals surface area contributed by atoms with Gasteiger partial charge in [-0.1, -0.05) is 11.6 Å². The molecule has 0 bridgehead atoms. The zero-order valence-corrected chi connectivity index (χ0v) is 9.23. The van der Waals surface area contributed by atoms with Crippen molar-refractivity contribution >= 4 is 23.1 Å². The van der Waals surface area contributed by atoms with Crippen molar-refractivity contribution in [3.8, 4) is 5.75 Å². The summed E-state index contributed by atoms with van der Waals surface area (Å²) in [6.07, 6.45) is 0.923. The van der Waals surface area contributed by atoms with Gasteiger partial charge in [0.2, 0.25) is 0 Å². The summed E-state index contributed by atoms with van der Waals surface area (Å²) in [5, 5.41) is 3.80. The van der Waals surface area contributed by atoms with Crippen LogP contribution in [0.4, 0.5) is 5.69 Å². The van der Waals surface area contributed by atoms with Crippen LogP contribution in [-0.4, -0.2) is 19.4 Å². The van der Waals surface area contributed by atoms with E-state index in [9.17, 15) is 4.79 Å². The van der Waals surface area contributed by atoms with Crippen LogP contribution in [-0.2, 0) is 11.2 Å². The minimum absolute atomic E-state index is 0.205. The summed E-state index contributed by atoms with van der Waals surface area (Å²) in [5.74, 6) is 0.945. The Kier molecular flexibility index (Phi) is 2.82. The summed E-state index contributed by atoms with van der Waals surface area (Å²) in [6, 6.07) is 3.57. The lowest BCUT2D eigenvalue weighted by Crippen LogP contribution is -2.04. The Morgan fingerprint density at radius 1 is 1.47 bits per heavy atom. The maximum absolute atomic E-state index is 11.5. The number of methoxy groups -OCH3 is 1. The number of nitrogens with one attached hydrogen (secondary N) is 1. The van der Waals surface area contributed by atoms with Gasteiger partial charge in [0.25, 0.3) is 0 Å². The number of Topliss-reactive ketones (excluding diaryl/α,β-unsaturated/α-hetero) is 1. The van der Waals surface area contributed by atoms with Crippen molar-refractivity contribution < 1.29 is 9.53 Å². The van der Waals surface area contributed by atoms with E-state index in [1.165, 1.54) is 0 Å². The van der Waals surface area contributed by atoms with E-state index in [0.29, 0.717) is 24.4 Å². The fourth-order valence-electron chi connectivity index (χ4n) is 1.75. The predicted octanol–water partition coefficient (Wildman–Crippen LogP) is 2.28. The number of anilines is 1. The minimum atomic E-state index is 0.205. The smallest absolute Gasteiger partial charge is 0.142 e. The lowest BCUT2D eigenvalue weighted by Gasteiger charge is -2.13. The lowest BCUT2D eigenvalue weighted by molar-refractivity contribution is -0.118. The summed E-state index contributed by atoms with van der Waals surface area (Å²) in [6.45, 7) is 0.641. The lowest BCUT2D eigenvalue weighted by atomic mass is 10.1. The molecule has 0 aliphatic carbocycles. The number of rotatable bonds is 1. The molecular weight excluding hydrogens is 214 g/mol. The monoisotopic (exact) mass is 225 g/mol. The van der Waals surface area contributed by atoms with Crippen molar-refractivity contribution in [3.63, 3.8) is 0 Å². The van der Waals surface area contributed by atoms with Crippen molar-refractivity contribution in [1.82, 2.24) is 0 Å². The molecule has 0 atom stereocenters. The van der Waals surface area contributed by atoms with Crippen molar-refractivity contribution in [2.45, 2.75) is 12.8 Å². The molecule has 1 aliphatic rings. The molecular formula is C11H12ClNO2. The van der Waals surface area contributed by atoms with Crippen LogP contribution in [0.25, 0.3) is 0 Å². The first-order chi connectivity index (χ1) is 7.22. The number of hydrogen-bond acceptors (Lipinski definition) is 3. The predicted molar refractivity (Wildman–Crippen MR) is 59.8 cm³/mol. The zero-order valence-electron chi connectivity index (χ0n) is 8.47. The molecule has 0 amide bonds. The number of fused-ring (bicyclic) bond motifs is 1. The highest BCUT2D eigenvalue weighted by atomic mass is 35.5. The van der Waals surface area contributed by atoms with Gasteiger partial charge in [-0.15, -0.1) is 0 Å². The van der Waals surface area contributed by atoms with E-state index in [0.717, 1.165) is 17.0 Å². The molecule has 0 saturated carbocycles. The van der Waals surface area contributed by atoms with Gasteiger partial charge in [-0.3, -0.25) is 4.79 Å². The van der Waals surface area contributed by atoms with Crippen LogP contribution in [0.3, 0.4) is 0 Å². The van der Waals surface area contributed by atoms with Gasteiger partial charge in [0.1, 0.15) is 11.5 Å². The Balaban J connectivity index is 2.52. The number of ketones is 1. The first-order valence-corrected chi connectivity index (χ1v) is 5.21. The molecule has 0 fully saturated rings. The molecule has 0 aromatic heterocycles. The first kappa shape index (κ1) is 10.3. The Hall–Kier alpha value is -1.22. The van der Waals surface area contributed by atoms with E-state index < -0.39 is 0 Å². The molecule has 1 aromatic carbocycles. The highest BCUT2D eigenvalue weighted by Crippen LogP contribution is 2.35. The number of ether oxygens (including phenoxy) is 1. The number of benzene rings is 1. The van der Waals surface area contributed by atoms with Gasteiger partial charge in [0.15, 0.2) is 0 Å². The van der Waals surface area contributed by atoms with Crippen LogP contribution in [0.5, 0.6) is 5.75 Å². The average molecular weight is 226 g/mol. The molecule has 1 aliphatic heterocycles. The summed E-state index contributed by atoms with van der Waals surface area (Å²) >= 11 is 6.06. The quantitative estimate of drug-likeness (QED) is 0.797. The molecule has 1 heterocycles. The van der Waals surface area contributed by atoms with E-state index in [1.807, 2.05) is 6.07 Å². The molecule has 1 aromatic rings. The Bertz CT molecular complexity index is 404. The van der Waals surface area contributed by atoms with Crippen LogP contribution in [0.1, 0.15) is 12.0 Å². The summed E-state index contributed by atoms with van der Waals surface area (Å²) in [7, 11) is 1.61. The maximum Gasteiger partial charge on any atom is 0.142 e. The topological polar surface area (TPSA) is 38.3 Å². The molecule has 15 heavy (non-hydrogen) atoms. The standard InChI is InChI=1S/C11H12ClNO2/c1-15-10-3-2-9(12)8-6-7(14)4-5-13-11(8)10/h2-3,13H,4-6H2,1H3. The minimum Gasteiger partial charge on any atom is -0.495 e. The van der Waals surface area contributed by atoms with Crippen molar-refractivity contribution in [1.29, 1.82) is 0 Å².